The number of rotatable bonds is 9. The number of hydrogen-bond donors (Lipinski definition) is 2. The van der Waals surface area contributed by atoms with Crippen LogP contribution < -0.4 is 5.32 Å². The number of anilines is 2. The van der Waals surface area contributed by atoms with Gasteiger partial charge in [0.2, 0.25) is 0 Å². The molecule has 0 aliphatic heterocycles. The van der Waals surface area contributed by atoms with Crippen LogP contribution in [0.3, 0.4) is 0 Å². The molecule has 0 unspecified atom stereocenters. The van der Waals surface area contributed by atoms with Gasteiger partial charge in [0.05, 0.1) is 25.3 Å². The van der Waals surface area contributed by atoms with E-state index in [1.165, 1.54) is 12.0 Å². The molecule has 0 bridgehead atoms. The maximum Gasteiger partial charge on any atom is 0.410 e. The highest BCUT2D eigenvalue weighted by Gasteiger charge is 2.24. The number of carbonyl (C=O) groups excluding carboxylic acids is 2. The lowest BCUT2D eigenvalue weighted by Crippen LogP contribution is -2.40. The number of halogens is 1. The number of nitrogens with one attached hydrogen (secondary N) is 1. The Morgan fingerprint density at radius 3 is 2.35 bits per heavy atom. The van der Waals surface area contributed by atoms with Crippen molar-refractivity contribution in [2.24, 2.45) is 0 Å². The zero-order valence-corrected chi connectivity index (χ0v) is 22.3. The van der Waals surface area contributed by atoms with E-state index >= 15 is 0 Å². The van der Waals surface area contributed by atoms with Crippen molar-refractivity contribution in [2.75, 3.05) is 25.5 Å². The average Bonchev–Trinajstić information content (AvgIpc) is 2.86. The third-order valence-corrected chi connectivity index (χ3v) is 5.71. The van der Waals surface area contributed by atoms with Crippen molar-refractivity contribution in [3.05, 3.63) is 94.5 Å². The fourth-order valence-electron chi connectivity index (χ4n) is 3.64. The van der Waals surface area contributed by atoms with Gasteiger partial charge in [-0.25, -0.2) is 9.59 Å². The Labute approximate surface area is 223 Å². The van der Waals surface area contributed by atoms with Crippen molar-refractivity contribution in [3.63, 3.8) is 0 Å². The van der Waals surface area contributed by atoms with Gasteiger partial charge in [0.25, 0.3) is 0 Å². The molecule has 0 aliphatic carbocycles. The van der Waals surface area contributed by atoms with Gasteiger partial charge in [0.1, 0.15) is 5.60 Å². The normalized spacial score (nSPS) is 11.9. The Bertz CT molecular complexity index is 1210. The summed E-state index contributed by atoms with van der Waals surface area (Å²) in [6, 6.07) is 21.8. The minimum atomic E-state index is -0.904. The Morgan fingerprint density at radius 1 is 1.00 bits per heavy atom. The molecule has 1 atom stereocenters. The van der Waals surface area contributed by atoms with Crippen LogP contribution in [0.1, 0.15) is 48.4 Å². The number of benzene rings is 3. The predicted octanol–water partition coefficient (Wildman–Crippen LogP) is 6.38. The number of hydrogen-bond acceptors (Lipinski definition) is 6. The van der Waals surface area contributed by atoms with Crippen LogP contribution in [0.2, 0.25) is 5.02 Å². The molecule has 0 fully saturated rings. The van der Waals surface area contributed by atoms with Crippen LogP contribution in [0.5, 0.6) is 0 Å². The largest absolute Gasteiger partial charge is 0.465 e. The Morgan fingerprint density at radius 2 is 1.70 bits per heavy atom. The van der Waals surface area contributed by atoms with E-state index in [0.29, 0.717) is 29.1 Å². The lowest BCUT2D eigenvalue weighted by Gasteiger charge is -2.29. The third-order valence-electron chi connectivity index (χ3n) is 5.48. The number of amides is 1. The van der Waals surface area contributed by atoms with Gasteiger partial charge in [0.15, 0.2) is 0 Å². The number of aliphatic hydroxyl groups is 1. The number of ether oxygens (including phenoxy) is 2. The molecule has 0 radical (unpaired) electrons. The first kappa shape index (κ1) is 28.0. The first-order valence-corrected chi connectivity index (χ1v) is 12.4. The number of methoxy groups -OCH3 is 1. The quantitative estimate of drug-likeness (QED) is 0.316. The number of carbonyl (C=O) groups is 2. The molecular formula is C29H33ClN2O5. The molecule has 0 heterocycles. The molecule has 0 saturated heterocycles. The fourth-order valence-corrected chi connectivity index (χ4v) is 3.84. The van der Waals surface area contributed by atoms with E-state index in [0.717, 1.165) is 16.9 Å². The van der Waals surface area contributed by atoms with Crippen LogP contribution in [-0.4, -0.2) is 47.9 Å². The lowest BCUT2D eigenvalue weighted by atomic mass is 10.1. The molecule has 0 spiro atoms. The number of esters is 1. The lowest BCUT2D eigenvalue weighted by molar-refractivity contribution is 0.0147. The topological polar surface area (TPSA) is 88.1 Å². The molecule has 7 nitrogen and oxygen atoms in total. The molecule has 2 N–H and O–H groups in total. The zero-order chi connectivity index (χ0) is 27.0. The Kier molecular flexibility index (Phi) is 9.55. The molecular weight excluding hydrogens is 492 g/mol. The van der Waals surface area contributed by atoms with Gasteiger partial charge in [0, 0.05) is 22.9 Å². The van der Waals surface area contributed by atoms with Crippen LogP contribution in [0.15, 0.2) is 72.8 Å². The summed E-state index contributed by atoms with van der Waals surface area (Å²) in [7, 11) is 1.35. The summed E-state index contributed by atoms with van der Waals surface area (Å²) in [5.74, 6) is -0.394. The molecule has 3 rings (SSSR count). The van der Waals surface area contributed by atoms with Gasteiger partial charge in [-0.05, 0) is 80.8 Å². The van der Waals surface area contributed by atoms with Gasteiger partial charge in [-0.15, -0.1) is 0 Å². The molecule has 0 saturated carbocycles. The third kappa shape index (κ3) is 8.81. The first-order valence-electron chi connectivity index (χ1n) is 12.0. The first-order chi connectivity index (χ1) is 17.5. The molecule has 1 amide bonds. The van der Waals surface area contributed by atoms with E-state index < -0.39 is 23.8 Å². The monoisotopic (exact) mass is 524 g/mol. The van der Waals surface area contributed by atoms with Crippen LogP contribution in [0, 0.1) is 0 Å². The molecule has 196 valence electrons. The van der Waals surface area contributed by atoms with Gasteiger partial charge in [-0.2, -0.15) is 0 Å². The number of aliphatic hydroxyl groups excluding tert-OH is 1. The summed E-state index contributed by atoms with van der Waals surface area (Å²) in [5, 5.41) is 14.6. The van der Waals surface area contributed by atoms with Crippen molar-refractivity contribution in [2.45, 2.75) is 38.9 Å². The maximum atomic E-state index is 12.9. The minimum absolute atomic E-state index is 0.0748. The van der Waals surface area contributed by atoms with E-state index in [9.17, 15) is 14.7 Å². The van der Waals surface area contributed by atoms with E-state index in [4.69, 9.17) is 21.1 Å². The van der Waals surface area contributed by atoms with Crippen molar-refractivity contribution in [1.82, 2.24) is 4.90 Å². The highest BCUT2D eigenvalue weighted by atomic mass is 35.5. The van der Waals surface area contributed by atoms with Crippen molar-refractivity contribution < 1.29 is 24.2 Å². The van der Waals surface area contributed by atoms with Gasteiger partial charge < -0.3 is 24.8 Å². The van der Waals surface area contributed by atoms with Crippen LogP contribution in [-0.2, 0) is 15.9 Å². The second kappa shape index (κ2) is 12.6. The minimum Gasteiger partial charge on any atom is -0.465 e. The summed E-state index contributed by atoms with van der Waals surface area (Å²) in [6.07, 6.45) is -0.824. The Balaban J connectivity index is 1.66. The van der Waals surface area contributed by atoms with E-state index in [1.54, 1.807) is 42.5 Å². The SMILES string of the molecule is COC(=O)c1cccc(Nc2ccc(CCN(C[C@H](O)c3cccc(Cl)c3)C(=O)OC(C)(C)C)cc2)c1. The summed E-state index contributed by atoms with van der Waals surface area (Å²) in [6.45, 7) is 5.86. The highest BCUT2D eigenvalue weighted by molar-refractivity contribution is 6.30. The molecule has 0 aromatic heterocycles. The van der Waals surface area contributed by atoms with Crippen molar-refractivity contribution >= 4 is 35.0 Å². The second-order valence-electron chi connectivity index (χ2n) is 9.64. The van der Waals surface area contributed by atoms with Gasteiger partial charge in [-0.1, -0.05) is 41.9 Å². The summed E-state index contributed by atoms with van der Waals surface area (Å²) in [5.41, 5.74) is 3.07. The smallest absolute Gasteiger partial charge is 0.410 e. The van der Waals surface area contributed by atoms with Crippen molar-refractivity contribution in [3.8, 4) is 0 Å². The van der Waals surface area contributed by atoms with E-state index in [2.05, 4.69) is 5.32 Å². The molecule has 37 heavy (non-hydrogen) atoms. The van der Waals surface area contributed by atoms with Gasteiger partial charge in [-0.3, -0.25) is 0 Å². The second-order valence-corrected chi connectivity index (χ2v) is 10.1. The fraction of sp³-hybridized carbons (Fsp3) is 0.310. The standard InChI is InChI=1S/C29H33ClN2O5/c1-29(2,3)37-28(35)32(19-26(33)21-7-5-9-23(30)17-21)16-15-20-11-13-24(14-12-20)31-25-10-6-8-22(18-25)27(34)36-4/h5-14,17-18,26,31,33H,15-16,19H2,1-4H3/t26-/m0/s1. The molecule has 3 aromatic carbocycles. The zero-order valence-electron chi connectivity index (χ0n) is 21.5. The maximum absolute atomic E-state index is 12.9. The van der Waals surface area contributed by atoms with Crippen LogP contribution in [0.4, 0.5) is 16.2 Å². The summed E-state index contributed by atoms with van der Waals surface area (Å²) in [4.78, 5) is 26.2. The summed E-state index contributed by atoms with van der Waals surface area (Å²) >= 11 is 6.07. The molecule has 8 heteroatoms. The summed E-state index contributed by atoms with van der Waals surface area (Å²) < 4.78 is 10.4. The number of nitrogens with zero attached hydrogens (tertiary/aromatic N) is 1. The van der Waals surface area contributed by atoms with E-state index in [-0.39, 0.29) is 6.54 Å². The Hall–Kier alpha value is -3.55. The molecule has 0 aliphatic rings. The van der Waals surface area contributed by atoms with Crippen molar-refractivity contribution in [1.29, 1.82) is 0 Å². The predicted molar refractivity (Wildman–Crippen MR) is 145 cm³/mol. The average molecular weight is 525 g/mol. The van der Waals surface area contributed by atoms with Crippen LogP contribution >= 0.6 is 11.6 Å². The van der Waals surface area contributed by atoms with Crippen LogP contribution in [0.25, 0.3) is 0 Å². The molecule has 3 aromatic rings. The highest BCUT2D eigenvalue weighted by Crippen LogP contribution is 2.22. The van der Waals surface area contributed by atoms with E-state index in [1.807, 2.05) is 51.1 Å². The van der Waals surface area contributed by atoms with Gasteiger partial charge >= 0.3 is 12.1 Å².